The van der Waals surface area contributed by atoms with Gasteiger partial charge in [0.25, 0.3) is 5.91 Å². The van der Waals surface area contributed by atoms with Crippen molar-refractivity contribution in [1.82, 2.24) is 4.90 Å². The normalized spacial score (nSPS) is 30.8. The number of likely N-dealkylation sites (tertiary alicyclic amines) is 1. The maximum absolute atomic E-state index is 13.0. The van der Waals surface area contributed by atoms with Crippen molar-refractivity contribution < 1.29 is 9.53 Å². The maximum Gasteiger partial charge on any atom is 0.254 e. The molecule has 1 aromatic heterocycles. The van der Waals surface area contributed by atoms with Gasteiger partial charge >= 0.3 is 0 Å². The molecule has 3 fully saturated rings. The topological polar surface area (TPSA) is 29.5 Å². The van der Waals surface area contributed by atoms with Gasteiger partial charge in [0, 0.05) is 28.2 Å². The van der Waals surface area contributed by atoms with Crippen LogP contribution in [0.2, 0.25) is 4.34 Å². The zero-order valence-corrected chi connectivity index (χ0v) is 14.7. The van der Waals surface area contributed by atoms with E-state index in [1.807, 2.05) is 19.1 Å². The summed E-state index contributed by atoms with van der Waals surface area (Å²) in [6.07, 6.45) is 2.53. The number of fused-ring (bicyclic) bond motifs is 1. The molecule has 3 aliphatic rings. The lowest BCUT2D eigenvalue weighted by Crippen LogP contribution is -2.53. The smallest absolute Gasteiger partial charge is 0.254 e. The average molecular weight is 348 g/mol. The second-order valence-electron chi connectivity index (χ2n) is 7.15. The van der Waals surface area contributed by atoms with E-state index >= 15 is 0 Å². The lowest BCUT2D eigenvalue weighted by molar-refractivity contribution is -0.0204. The summed E-state index contributed by atoms with van der Waals surface area (Å²) < 4.78 is 7.34. The zero-order valence-electron chi connectivity index (χ0n) is 13.1. The molecule has 0 spiro atoms. The molecule has 5 heteroatoms. The van der Waals surface area contributed by atoms with Crippen LogP contribution >= 0.6 is 22.9 Å². The summed E-state index contributed by atoms with van der Waals surface area (Å²) in [5.74, 6) is 3.36. The summed E-state index contributed by atoms with van der Waals surface area (Å²) in [4.78, 5) is 15.2. The van der Waals surface area contributed by atoms with Crippen LogP contribution < -0.4 is 4.74 Å². The van der Waals surface area contributed by atoms with Crippen molar-refractivity contribution in [2.45, 2.75) is 25.8 Å². The molecule has 1 aromatic carbocycles. The molecule has 23 heavy (non-hydrogen) atoms. The first-order valence-corrected chi connectivity index (χ1v) is 9.35. The summed E-state index contributed by atoms with van der Waals surface area (Å²) in [5.41, 5.74) is 1.76. The number of halogens is 1. The van der Waals surface area contributed by atoms with Gasteiger partial charge in [-0.2, -0.15) is 0 Å². The van der Waals surface area contributed by atoms with E-state index in [9.17, 15) is 4.79 Å². The van der Waals surface area contributed by atoms with Gasteiger partial charge in [0.1, 0.15) is 5.75 Å². The van der Waals surface area contributed by atoms with E-state index in [4.69, 9.17) is 16.3 Å². The molecule has 1 amide bonds. The molecule has 2 aliphatic carbocycles. The SMILES string of the molecule is COc1cc(C(=O)N2CC3CC4CC2[C@H]43)cc2sc(Cl)c(C)c12. The minimum absolute atomic E-state index is 0.158. The van der Waals surface area contributed by atoms with Gasteiger partial charge in [-0.25, -0.2) is 0 Å². The maximum atomic E-state index is 13.0. The standard InChI is InChI=1S/C18H18ClNO2S/c1-8-15-13(22-2)5-10(6-14(15)23-17(8)19)18(21)20-7-11-3-9-4-12(20)16(9)11/h5-6,9,11-12,16H,3-4,7H2,1-2H3/t9?,11?,12?,16-/m1/s1. The number of ether oxygens (including phenoxy) is 1. The van der Waals surface area contributed by atoms with Crippen LogP contribution in [0.3, 0.4) is 0 Å². The third kappa shape index (κ3) is 1.74. The second kappa shape index (κ2) is 4.64. The number of methoxy groups -OCH3 is 1. The first kappa shape index (κ1) is 14.1. The summed E-state index contributed by atoms with van der Waals surface area (Å²) in [7, 11) is 1.65. The molecule has 0 bridgehead atoms. The van der Waals surface area contributed by atoms with Crippen LogP contribution in [0, 0.1) is 24.7 Å². The molecule has 0 N–H and O–H groups in total. The summed E-state index contributed by atoms with van der Waals surface area (Å²) in [6.45, 7) is 2.94. The molecule has 3 nitrogen and oxygen atoms in total. The molecular weight excluding hydrogens is 330 g/mol. The predicted molar refractivity (Wildman–Crippen MR) is 92.7 cm³/mol. The van der Waals surface area contributed by atoms with Gasteiger partial charge in [-0.3, -0.25) is 4.79 Å². The molecule has 3 unspecified atom stereocenters. The fraction of sp³-hybridized carbons (Fsp3) is 0.500. The quantitative estimate of drug-likeness (QED) is 0.808. The van der Waals surface area contributed by atoms with Gasteiger partial charge in [-0.15, -0.1) is 11.3 Å². The molecule has 0 radical (unpaired) electrons. The van der Waals surface area contributed by atoms with Crippen molar-refractivity contribution in [2.75, 3.05) is 13.7 Å². The zero-order chi connectivity index (χ0) is 15.9. The second-order valence-corrected chi connectivity index (χ2v) is 8.80. The van der Waals surface area contributed by atoms with Crippen molar-refractivity contribution in [3.05, 3.63) is 27.6 Å². The molecule has 4 atom stereocenters. The molecule has 2 heterocycles. The predicted octanol–water partition coefficient (Wildman–Crippen LogP) is 4.35. The highest BCUT2D eigenvalue weighted by atomic mass is 35.5. The number of amides is 1. The van der Waals surface area contributed by atoms with Gasteiger partial charge in [0.15, 0.2) is 0 Å². The highest BCUT2D eigenvalue weighted by molar-refractivity contribution is 7.23. The van der Waals surface area contributed by atoms with Crippen molar-refractivity contribution in [2.24, 2.45) is 17.8 Å². The Morgan fingerprint density at radius 1 is 1.35 bits per heavy atom. The van der Waals surface area contributed by atoms with Crippen LogP contribution in [-0.4, -0.2) is 30.5 Å². The molecule has 1 saturated heterocycles. The highest BCUT2D eigenvalue weighted by Gasteiger charge is 2.61. The largest absolute Gasteiger partial charge is 0.496 e. The summed E-state index contributed by atoms with van der Waals surface area (Å²) in [6, 6.07) is 4.36. The molecular formula is C18H18ClNO2S. The fourth-order valence-electron chi connectivity index (χ4n) is 4.96. The minimum Gasteiger partial charge on any atom is -0.496 e. The van der Waals surface area contributed by atoms with Crippen LogP contribution in [0.15, 0.2) is 12.1 Å². The Morgan fingerprint density at radius 3 is 2.87 bits per heavy atom. The number of rotatable bonds is 2. The number of aryl methyl sites for hydroxylation is 1. The van der Waals surface area contributed by atoms with Crippen molar-refractivity contribution in [3.8, 4) is 5.75 Å². The van der Waals surface area contributed by atoms with Crippen LogP contribution in [0.25, 0.3) is 10.1 Å². The van der Waals surface area contributed by atoms with Crippen LogP contribution in [-0.2, 0) is 0 Å². The van der Waals surface area contributed by atoms with Gasteiger partial charge in [-0.05, 0) is 55.2 Å². The Kier molecular flexibility index (Phi) is 2.85. The third-order valence-electron chi connectivity index (χ3n) is 6.18. The number of nitrogens with zero attached hydrogens (tertiary/aromatic N) is 1. The Labute approximate surface area is 144 Å². The van der Waals surface area contributed by atoms with E-state index in [1.54, 1.807) is 7.11 Å². The van der Waals surface area contributed by atoms with E-state index in [1.165, 1.54) is 24.2 Å². The first-order chi connectivity index (χ1) is 11.1. The number of benzene rings is 1. The number of hydrogen-bond acceptors (Lipinski definition) is 3. The van der Waals surface area contributed by atoms with Crippen LogP contribution in [0.1, 0.15) is 28.8 Å². The van der Waals surface area contributed by atoms with Gasteiger partial charge in [0.05, 0.1) is 11.4 Å². The Bertz CT molecular complexity index is 845. The van der Waals surface area contributed by atoms with E-state index < -0.39 is 0 Å². The van der Waals surface area contributed by atoms with E-state index in [0.29, 0.717) is 6.04 Å². The lowest BCUT2D eigenvalue weighted by Gasteiger charge is -2.52. The third-order valence-corrected chi connectivity index (χ3v) is 7.72. The van der Waals surface area contributed by atoms with Crippen molar-refractivity contribution >= 4 is 38.9 Å². The fourth-order valence-corrected chi connectivity index (χ4v) is 6.29. The molecule has 5 rings (SSSR count). The minimum atomic E-state index is 0.158. The molecule has 120 valence electrons. The number of thiophene rings is 1. The van der Waals surface area contributed by atoms with Crippen molar-refractivity contribution in [1.29, 1.82) is 0 Å². The van der Waals surface area contributed by atoms with Crippen LogP contribution in [0.5, 0.6) is 5.75 Å². The number of carbonyl (C=O) groups is 1. The van der Waals surface area contributed by atoms with Gasteiger partial charge in [0.2, 0.25) is 0 Å². The number of hydrogen-bond donors (Lipinski definition) is 0. The number of carbonyl (C=O) groups excluding carboxylic acids is 1. The van der Waals surface area contributed by atoms with Gasteiger partial charge in [-0.1, -0.05) is 11.6 Å². The Balaban J connectivity index is 1.56. The summed E-state index contributed by atoms with van der Waals surface area (Å²) >= 11 is 7.80. The lowest BCUT2D eigenvalue weighted by atomic mass is 9.53. The van der Waals surface area contributed by atoms with Gasteiger partial charge < -0.3 is 9.64 Å². The summed E-state index contributed by atoms with van der Waals surface area (Å²) in [5, 5.41) is 1.03. The van der Waals surface area contributed by atoms with Crippen molar-refractivity contribution in [3.63, 3.8) is 0 Å². The molecule has 2 saturated carbocycles. The Morgan fingerprint density at radius 2 is 2.17 bits per heavy atom. The van der Waals surface area contributed by atoms with E-state index in [-0.39, 0.29) is 5.91 Å². The average Bonchev–Trinajstić information content (AvgIpc) is 2.81. The molecule has 2 aromatic rings. The van der Waals surface area contributed by atoms with E-state index in [2.05, 4.69) is 4.90 Å². The highest BCUT2D eigenvalue weighted by Crippen LogP contribution is 2.60. The first-order valence-electron chi connectivity index (χ1n) is 8.16. The van der Waals surface area contributed by atoms with Crippen LogP contribution in [0.4, 0.5) is 0 Å². The Hall–Kier alpha value is -1.26. The molecule has 1 aliphatic heterocycles. The monoisotopic (exact) mass is 347 g/mol. The van der Waals surface area contributed by atoms with E-state index in [0.717, 1.165) is 55.6 Å².